The van der Waals surface area contributed by atoms with E-state index in [1.54, 1.807) is 0 Å². The third-order valence-electron chi connectivity index (χ3n) is 3.00. The summed E-state index contributed by atoms with van der Waals surface area (Å²) < 4.78 is 0.622. The minimum absolute atomic E-state index is 0.0792. The fraction of sp³-hybridized carbons (Fsp3) is 0.357. The average Bonchev–Trinajstić information content (AvgIpc) is 2.58. The largest absolute Gasteiger partial charge is 0.358 e. The van der Waals surface area contributed by atoms with Gasteiger partial charge in [0.05, 0.1) is 10.7 Å². The molecule has 10 heteroatoms. The van der Waals surface area contributed by atoms with Crippen LogP contribution in [0.15, 0.2) is 24.3 Å². The number of carbonyl (C=O) groups excluding carboxylic acids is 2. The number of rotatable bonds is 6. The molecule has 130 valence electrons. The summed E-state index contributed by atoms with van der Waals surface area (Å²) in [6.45, 7) is 5.48. The molecule has 8 nitrogen and oxygen atoms in total. The minimum Gasteiger partial charge on any atom is -0.358 e. The number of non-ortho nitro benzene ring substituents is 1. The van der Waals surface area contributed by atoms with Crippen LogP contribution in [0.5, 0.6) is 0 Å². The van der Waals surface area contributed by atoms with Crippen molar-refractivity contribution in [2.75, 3.05) is 18.8 Å². The predicted octanol–water partition coefficient (Wildman–Crippen LogP) is 1.72. The van der Waals surface area contributed by atoms with Gasteiger partial charge in [-0.1, -0.05) is 24.0 Å². The van der Waals surface area contributed by atoms with Gasteiger partial charge in [0.2, 0.25) is 5.91 Å². The van der Waals surface area contributed by atoms with Gasteiger partial charge >= 0.3 is 0 Å². The van der Waals surface area contributed by atoms with E-state index in [2.05, 4.69) is 10.9 Å². The first-order chi connectivity index (χ1) is 11.4. The molecule has 1 rings (SSSR count). The van der Waals surface area contributed by atoms with Crippen molar-refractivity contribution in [3.63, 3.8) is 0 Å². The number of thioether (sulfide) groups is 1. The molecule has 0 aliphatic heterocycles. The van der Waals surface area contributed by atoms with Gasteiger partial charge in [0.15, 0.2) is 0 Å². The molecule has 1 aromatic rings. The van der Waals surface area contributed by atoms with Crippen molar-refractivity contribution >= 4 is 45.8 Å². The zero-order chi connectivity index (χ0) is 18.1. The number of carbonyl (C=O) groups is 2. The van der Waals surface area contributed by atoms with E-state index in [0.29, 0.717) is 4.32 Å². The Hall–Kier alpha value is -2.20. The average molecular weight is 370 g/mol. The highest BCUT2D eigenvalue weighted by Crippen LogP contribution is 2.11. The van der Waals surface area contributed by atoms with Crippen molar-refractivity contribution in [1.82, 2.24) is 15.8 Å². The standard InChI is InChI=1S/C14H18N4O4S2/c1-3-17(4-2)14(23)24-9-12(19)15-16-13(20)10-5-7-11(8-6-10)18(21)22/h5-8H,3-4,9H2,1-2H3,(H,15,19)(H,16,20). The van der Waals surface area contributed by atoms with E-state index in [0.717, 1.165) is 13.1 Å². The molecule has 0 saturated heterocycles. The first kappa shape index (κ1) is 19.8. The molecule has 0 saturated carbocycles. The quantitative estimate of drug-likeness (QED) is 0.446. The maximum atomic E-state index is 11.8. The number of hydrogen-bond acceptors (Lipinski definition) is 6. The van der Waals surface area contributed by atoms with Crippen molar-refractivity contribution in [1.29, 1.82) is 0 Å². The summed E-state index contributed by atoms with van der Waals surface area (Å²) >= 11 is 6.42. The summed E-state index contributed by atoms with van der Waals surface area (Å²) in [5.74, 6) is -0.880. The van der Waals surface area contributed by atoms with Crippen LogP contribution in [0, 0.1) is 10.1 Å². The monoisotopic (exact) mass is 370 g/mol. The molecule has 0 bridgehead atoms. The van der Waals surface area contributed by atoms with Gasteiger partial charge in [0.25, 0.3) is 11.6 Å². The molecular weight excluding hydrogens is 352 g/mol. The topological polar surface area (TPSA) is 105 Å². The van der Waals surface area contributed by atoms with Gasteiger partial charge in [0.1, 0.15) is 4.32 Å². The van der Waals surface area contributed by atoms with Gasteiger partial charge in [-0.3, -0.25) is 30.6 Å². The Balaban J connectivity index is 2.42. The van der Waals surface area contributed by atoms with Crippen LogP contribution in [0.1, 0.15) is 24.2 Å². The van der Waals surface area contributed by atoms with Crippen molar-refractivity contribution < 1.29 is 14.5 Å². The first-order valence-electron chi connectivity index (χ1n) is 7.14. The molecule has 0 aromatic heterocycles. The highest BCUT2D eigenvalue weighted by atomic mass is 32.2. The number of nitro benzene ring substituents is 1. The molecule has 2 amide bonds. The molecule has 0 heterocycles. The zero-order valence-electron chi connectivity index (χ0n) is 13.3. The summed E-state index contributed by atoms with van der Waals surface area (Å²) in [6.07, 6.45) is 0. The van der Waals surface area contributed by atoms with E-state index >= 15 is 0 Å². The predicted molar refractivity (Wildman–Crippen MR) is 96.7 cm³/mol. The molecule has 1 aromatic carbocycles. The first-order valence-corrected chi connectivity index (χ1v) is 8.53. The lowest BCUT2D eigenvalue weighted by Gasteiger charge is -2.20. The van der Waals surface area contributed by atoms with Gasteiger partial charge in [-0.05, 0) is 26.0 Å². The highest BCUT2D eigenvalue weighted by Gasteiger charge is 2.12. The number of hydrazine groups is 1. The summed E-state index contributed by atoms with van der Waals surface area (Å²) in [5, 5.41) is 10.5. The molecule has 0 fully saturated rings. The van der Waals surface area contributed by atoms with Crippen LogP contribution < -0.4 is 10.9 Å². The van der Waals surface area contributed by atoms with Crippen molar-refractivity contribution in [2.24, 2.45) is 0 Å². The Morgan fingerprint density at radius 3 is 2.29 bits per heavy atom. The number of benzene rings is 1. The molecular formula is C14H18N4O4S2. The Bertz CT molecular complexity index is 618. The van der Waals surface area contributed by atoms with Gasteiger partial charge in [-0.15, -0.1) is 0 Å². The molecule has 0 unspecified atom stereocenters. The SMILES string of the molecule is CCN(CC)C(=S)SCC(=O)NNC(=O)c1ccc([N+](=O)[O-])cc1. The molecule has 0 atom stereocenters. The smallest absolute Gasteiger partial charge is 0.269 e. The van der Waals surface area contributed by atoms with Crippen molar-refractivity contribution in [2.45, 2.75) is 13.8 Å². The lowest BCUT2D eigenvalue weighted by Crippen LogP contribution is -2.42. The molecule has 0 aliphatic carbocycles. The lowest BCUT2D eigenvalue weighted by atomic mass is 10.2. The normalized spacial score (nSPS) is 9.92. The lowest BCUT2D eigenvalue weighted by molar-refractivity contribution is -0.384. The summed E-state index contributed by atoms with van der Waals surface area (Å²) in [6, 6.07) is 5.05. The second-order valence-electron chi connectivity index (χ2n) is 4.53. The molecule has 0 spiro atoms. The second-order valence-corrected chi connectivity index (χ2v) is 6.14. The second kappa shape index (κ2) is 9.83. The van der Waals surface area contributed by atoms with E-state index in [4.69, 9.17) is 12.2 Å². The van der Waals surface area contributed by atoms with Gasteiger partial charge in [-0.25, -0.2) is 0 Å². The maximum Gasteiger partial charge on any atom is 0.269 e. The van der Waals surface area contributed by atoms with Crippen molar-refractivity contribution in [3.8, 4) is 0 Å². The van der Waals surface area contributed by atoms with Crippen LogP contribution in [0.4, 0.5) is 5.69 Å². The van der Waals surface area contributed by atoms with E-state index in [1.807, 2.05) is 18.7 Å². The van der Waals surface area contributed by atoms with Crippen LogP contribution in [0.2, 0.25) is 0 Å². The van der Waals surface area contributed by atoms with Crippen LogP contribution in [0.25, 0.3) is 0 Å². The molecule has 0 radical (unpaired) electrons. The summed E-state index contributed by atoms with van der Waals surface area (Å²) in [7, 11) is 0. The highest BCUT2D eigenvalue weighted by molar-refractivity contribution is 8.23. The van der Waals surface area contributed by atoms with E-state index in [1.165, 1.54) is 36.0 Å². The van der Waals surface area contributed by atoms with Gasteiger partial charge < -0.3 is 4.90 Å². The Morgan fingerprint density at radius 1 is 1.21 bits per heavy atom. The van der Waals surface area contributed by atoms with E-state index in [-0.39, 0.29) is 17.0 Å². The number of nitrogens with zero attached hydrogens (tertiary/aromatic N) is 2. The number of thiocarbonyl (C=S) groups is 1. The number of hydrogen-bond donors (Lipinski definition) is 2. The molecule has 0 aliphatic rings. The maximum absolute atomic E-state index is 11.8. The number of amides is 2. The fourth-order valence-corrected chi connectivity index (χ4v) is 2.87. The fourth-order valence-electron chi connectivity index (χ4n) is 1.67. The summed E-state index contributed by atoms with van der Waals surface area (Å²) in [4.78, 5) is 35.5. The molecule has 24 heavy (non-hydrogen) atoms. The minimum atomic E-state index is -0.561. The van der Waals surface area contributed by atoms with E-state index in [9.17, 15) is 19.7 Å². The Kier molecular flexibility index (Phi) is 8.13. The van der Waals surface area contributed by atoms with E-state index < -0.39 is 16.7 Å². The van der Waals surface area contributed by atoms with Crippen LogP contribution in [0.3, 0.4) is 0 Å². The van der Waals surface area contributed by atoms with Gasteiger partial charge in [-0.2, -0.15) is 0 Å². The Morgan fingerprint density at radius 2 is 1.79 bits per heavy atom. The van der Waals surface area contributed by atoms with Crippen LogP contribution in [-0.2, 0) is 4.79 Å². The Labute approximate surface area is 149 Å². The summed E-state index contributed by atoms with van der Waals surface area (Å²) in [5.41, 5.74) is 4.61. The third-order valence-corrected chi connectivity index (χ3v) is 4.53. The number of nitro groups is 1. The van der Waals surface area contributed by atoms with Crippen LogP contribution >= 0.6 is 24.0 Å². The third kappa shape index (κ3) is 6.13. The van der Waals surface area contributed by atoms with Crippen LogP contribution in [-0.4, -0.2) is 44.8 Å². The number of nitrogens with one attached hydrogen (secondary N) is 2. The molecule has 2 N–H and O–H groups in total. The van der Waals surface area contributed by atoms with Gasteiger partial charge in [0, 0.05) is 30.8 Å². The van der Waals surface area contributed by atoms with Crippen molar-refractivity contribution in [3.05, 3.63) is 39.9 Å². The zero-order valence-corrected chi connectivity index (χ0v) is 14.9.